The minimum Gasteiger partial charge on any atom is -0.270 e. The lowest BCUT2D eigenvalue weighted by molar-refractivity contribution is 0.0672. The van der Waals surface area contributed by atoms with Gasteiger partial charge in [-0.15, -0.1) is 0 Å². The Morgan fingerprint density at radius 3 is 1.57 bits per heavy atom. The zero-order valence-electron chi connectivity index (χ0n) is 15.4. The van der Waals surface area contributed by atoms with Gasteiger partial charge in [-0.3, -0.25) is 14.5 Å². The third-order valence-corrected chi connectivity index (χ3v) is 5.63. The van der Waals surface area contributed by atoms with Crippen molar-refractivity contribution in [3.8, 4) is 0 Å². The SMILES string of the molecule is O=C1c2ccccc2C(=O)N1CC=C1c2ccccc2CCc2ccccc21. The second kappa shape index (κ2) is 6.61. The number of rotatable bonds is 2. The molecule has 0 unspecified atom stereocenters. The normalized spacial score (nSPS) is 15.0. The fraction of sp³-hybridized carbons (Fsp3) is 0.120. The predicted molar refractivity (Wildman–Crippen MR) is 109 cm³/mol. The first-order chi connectivity index (χ1) is 13.7. The molecule has 0 aromatic heterocycles. The molecule has 3 aromatic rings. The Balaban J connectivity index is 1.57. The van der Waals surface area contributed by atoms with Gasteiger partial charge in [-0.25, -0.2) is 0 Å². The van der Waals surface area contributed by atoms with Crippen molar-refractivity contribution >= 4 is 17.4 Å². The molecular formula is C25H19NO2. The van der Waals surface area contributed by atoms with Crippen LogP contribution in [-0.2, 0) is 12.8 Å². The molecule has 136 valence electrons. The van der Waals surface area contributed by atoms with Crippen molar-refractivity contribution in [2.45, 2.75) is 12.8 Å². The molecular weight excluding hydrogens is 346 g/mol. The number of benzene rings is 3. The first kappa shape index (κ1) is 16.7. The molecule has 2 aliphatic rings. The molecule has 28 heavy (non-hydrogen) atoms. The highest BCUT2D eigenvalue weighted by Crippen LogP contribution is 2.33. The third kappa shape index (κ3) is 2.59. The lowest BCUT2D eigenvalue weighted by atomic mass is 9.94. The second-order valence-corrected chi connectivity index (χ2v) is 7.20. The molecule has 0 saturated carbocycles. The molecule has 5 rings (SSSR count). The minimum atomic E-state index is -0.215. The number of nitrogens with zero attached hydrogens (tertiary/aromatic N) is 1. The highest BCUT2D eigenvalue weighted by molar-refractivity contribution is 6.21. The van der Waals surface area contributed by atoms with E-state index in [1.54, 1.807) is 24.3 Å². The Labute approximate surface area is 163 Å². The molecule has 0 radical (unpaired) electrons. The van der Waals surface area contributed by atoms with Gasteiger partial charge in [-0.1, -0.05) is 66.7 Å². The van der Waals surface area contributed by atoms with Gasteiger partial charge in [0.1, 0.15) is 0 Å². The van der Waals surface area contributed by atoms with Gasteiger partial charge in [-0.05, 0) is 52.8 Å². The zero-order valence-corrected chi connectivity index (χ0v) is 15.4. The van der Waals surface area contributed by atoms with Crippen LogP contribution < -0.4 is 0 Å². The smallest absolute Gasteiger partial charge is 0.261 e. The van der Waals surface area contributed by atoms with E-state index in [9.17, 15) is 9.59 Å². The largest absolute Gasteiger partial charge is 0.270 e. The van der Waals surface area contributed by atoms with E-state index in [0.29, 0.717) is 11.1 Å². The number of carbonyl (C=O) groups is 2. The molecule has 0 saturated heterocycles. The predicted octanol–water partition coefficient (Wildman–Crippen LogP) is 4.51. The molecule has 0 bridgehead atoms. The number of amides is 2. The summed E-state index contributed by atoms with van der Waals surface area (Å²) in [5.74, 6) is -0.430. The monoisotopic (exact) mass is 365 g/mol. The van der Waals surface area contributed by atoms with Gasteiger partial charge < -0.3 is 0 Å². The fourth-order valence-corrected chi connectivity index (χ4v) is 4.22. The van der Waals surface area contributed by atoms with Gasteiger partial charge in [0.2, 0.25) is 0 Å². The first-order valence-electron chi connectivity index (χ1n) is 9.56. The van der Waals surface area contributed by atoms with E-state index in [4.69, 9.17) is 0 Å². The van der Waals surface area contributed by atoms with Crippen molar-refractivity contribution in [3.05, 3.63) is 112 Å². The summed E-state index contributed by atoms with van der Waals surface area (Å²) in [7, 11) is 0. The maximum Gasteiger partial charge on any atom is 0.261 e. The highest BCUT2D eigenvalue weighted by atomic mass is 16.2. The van der Waals surface area contributed by atoms with Crippen LogP contribution >= 0.6 is 0 Å². The Bertz CT molecular complexity index is 1060. The molecule has 0 spiro atoms. The van der Waals surface area contributed by atoms with Crippen molar-refractivity contribution in [1.82, 2.24) is 4.90 Å². The molecule has 2 amide bonds. The standard InChI is InChI=1S/C25H19NO2/c27-24-22-11-5-6-12-23(22)25(28)26(24)16-15-21-19-9-3-1-7-17(19)13-14-18-8-2-4-10-20(18)21/h1-12,15H,13-14,16H2. The Kier molecular flexibility index (Phi) is 3.94. The molecule has 3 nitrogen and oxygen atoms in total. The van der Waals surface area contributed by atoms with Gasteiger partial charge in [-0.2, -0.15) is 0 Å². The number of aryl methyl sites for hydroxylation is 2. The summed E-state index contributed by atoms with van der Waals surface area (Å²) in [5.41, 5.74) is 7.05. The topological polar surface area (TPSA) is 37.4 Å². The van der Waals surface area contributed by atoms with Crippen LogP contribution in [0, 0.1) is 0 Å². The van der Waals surface area contributed by atoms with Crippen molar-refractivity contribution in [1.29, 1.82) is 0 Å². The maximum atomic E-state index is 12.7. The van der Waals surface area contributed by atoms with Crippen LogP contribution in [-0.4, -0.2) is 23.3 Å². The molecule has 0 fully saturated rings. The molecule has 1 aliphatic heterocycles. The Morgan fingerprint density at radius 1 is 0.643 bits per heavy atom. The lowest BCUT2D eigenvalue weighted by Gasteiger charge is -2.15. The van der Waals surface area contributed by atoms with E-state index in [1.165, 1.54) is 27.2 Å². The average Bonchev–Trinajstić information content (AvgIpc) is 2.88. The molecule has 0 atom stereocenters. The summed E-state index contributed by atoms with van der Waals surface area (Å²) in [6, 6.07) is 23.8. The second-order valence-electron chi connectivity index (χ2n) is 7.20. The average molecular weight is 365 g/mol. The van der Waals surface area contributed by atoms with Crippen molar-refractivity contribution in [3.63, 3.8) is 0 Å². The van der Waals surface area contributed by atoms with Crippen LogP contribution in [0.5, 0.6) is 0 Å². The molecule has 3 heteroatoms. The number of fused-ring (bicyclic) bond motifs is 3. The maximum absolute atomic E-state index is 12.7. The van der Waals surface area contributed by atoms with E-state index < -0.39 is 0 Å². The van der Waals surface area contributed by atoms with Gasteiger partial charge in [0.15, 0.2) is 0 Å². The van der Waals surface area contributed by atoms with E-state index >= 15 is 0 Å². The Hall–Kier alpha value is -3.46. The minimum absolute atomic E-state index is 0.215. The van der Waals surface area contributed by atoms with Crippen LogP contribution in [0.1, 0.15) is 43.0 Å². The van der Waals surface area contributed by atoms with Crippen molar-refractivity contribution < 1.29 is 9.59 Å². The van der Waals surface area contributed by atoms with E-state index in [2.05, 4.69) is 36.4 Å². The molecule has 3 aromatic carbocycles. The van der Waals surface area contributed by atoms with Gasteiger partial charge in [0, 0.05) is 6.54 Å². The third-order valence-electron chi connectivity index (χ3n) is 5.63. The van der Waals surface area contributed by atoms with Gasteiger partial charge in [0.05, 0.1) is 11.1 Å². The fourth-order valence-electron chi connectivity index (χ4n) is 4.22. The summed E-state index contributed by atoms with van der Waals surface area (Å²) >= 11 is 0. The molecule has 1 heterocycles. The Morgan fingerprint density at radius 2 is 1.07 bits per heavy atom. The van der Waals surface area contributed by atoms with E-state index in [0.717, 1.165) is 18.4 Å². The zero-order chi connectivity index (χ0) is 19.1. The number of carbonyl (C=O) groups excluding carboxylic acids is 2. The number of hydrogen-bond donors (Lipinski definition) is 0. The highest BCUT2D eigenvalue weighted by Gasteiger charge is 2.34. The van der Waals surface area contributed by atoms with Crippen LogP contribution in [0.15, 0.2) is 78.9 Å². The van der Waals surface area contributed by atoms with Crippen LogP contribution in [0.25, 0.3) is 5.57 Å². The summed E-state index contributed by atoms with van der Waals surface area (Å²) in [6.07, 6.45) is 4.00. The number of hydrogen-bond acceptors (Lipinski definition) is 2. The van der Waals surface area contributed by atoms with Crippen molar-refractivity contribution in [2.75, 3.05) is 6.54 Å². The lowest BCUT2D eigenvalue weighted by Crippen LogP contribution is -2.30. The molecule has 1 aliphatic carbocycles. The van der Waals surface area contributed by atoms with E-state index in [-0.39, 0.29) is 18.4 Å². The van der Waals surface area contributed by atoms with Gasteiger partial charge in [0.25, 0.3) is 11.8 Å². The van der Waals surface area contributed by atoms with Crippen LogP contribution in [0.4, 0.5) is 0 Å². The summed E-state index contributed by atoms with van der Waals surface area (Å²) < 4.78 is 0. The van der Waals surface area contributed by atoms with E-state index in [1.807, 2.05) is 18.2 Å². The van der Waals surface area contributed by atoms with Crippen LogP contribution in [0.3, 0.4) is 0 Å². The quantitative estimate of drug-likeness (QED) is 0.627. The summed E-state index contributed by atoms with van der Waals surface area (Å²) in [4.78, 5) is 26.8. The van der Waals surface area contributed by atoms with Gasteiger partial charge >= 0.3 is 0 Å². The first-order valence-corrected chi connectivity index (χ1v) is 9.56. The van der Waals surface area contributed by atoms with Crippen molar-refractivity contribution in [2.24, 2.45) is 0 Å². The summed E-state index contributed by atoms with van der Waals surface area (Å²) in [5, 5.41) is 0. The molecule has 0 N–H and O–H groups in total. The number of imide groups is 1. The van der Waals surface area contributed by atoms with Crippen LogP contribution in [0.2, 0.25) is 0 Å². The summed E-state index contributed by atoms with van der Waals surface area (Å²) in [6.45, 7) is 0.268.